The molecule has 0 bridgehead atoms. The molecule has 1 saturated heterocycles. The average Bonchev–Trinajstić information content (AvgIpc) is 3.66. The first-order valence-electron chi connectivity index (χ1n) is 10.8. The number of nitrogens with zero attached hydrogens (tertiary/aromatic N) is 6. The number of carbonyl (C=O) groups is 2. The third-order valence-electron chi connectivity index (χ3n) is 5.51. The molecule has 1 aliphatic rings. The van der Waals surface area contributed by atoms with Crippen LogP contribution in [-0.4, -0.2) is 73.3 Å². The van der Waals surface area contributed by atoms with Gasteiger partial charge in [0.15, 0.2) is 11.0 Å². The molecule has 9 nitrogen and oxygen atoms in total. The van der Waals surface area contributed by atoms with Gasteiger partial charge in [-0.3, -0.25) is 19.1 Å². The lowest BCUT2D eigenvalue weighted by molar-refractivity contribution is -0.129. The van der Waals surface area contributed by atoms with Gasteiger partial charge in [-0.25, -0.2) is 0 Å². The van der Waals surface area contributed by atoms with E-state index < -0.39 is 0 Å². The highest BCUT2D eigenvalue weighted by molar-refractivity contribution is 7.99. The number of amides is 2. The molecular formula is C23H22N6O3S2. The second-order valence-corrected chi connectivity index (χ2v) is 9.54. The zero-order chi connectivity index (χ0) is 23.3. The Kier molecular flexibility index (Phi) is 6.72. The minimum absolute atomic E-state index is 0.0173. The fourth-order valence-corrected chi connectivity index (χ4v) is 5.27. The Morgan fingerprint density at radius 3 is 2.59 bits per heavy atom. The second-order valence-electron chi connectivity index (χ2n) is 7.65. The van der Waals surface area contributed by atoms with Crippen LogP contribution in [0.15, 0.2) is 70.0 Å². The Balaban J connectivity index is 1.23. The van der Waals surface area contributed by atoms with Gasteiger partial charge in [0, 0.05) is 44.1 Å². The van der Waals surface area contributed by atoms with E-state index in [1.54, 1.807) is 23.6 Å². The van der Waals surface area contributed by atoms with Gasteiger partial charge in [-0.05, 0) is 35.7 Å². The number of hydrogen-bond donors (Lipinski definition) is 0. The van der Waals surface area contributed by atoms with Crippen LogP contribution in [0.2, 0.25) is 0 Å². The number of pyridine rings is 1. The van der Waals surface area contributed by atoms with Crippen molar-refractivity contribution in [1.82, 2.24) is 29.5 Å². The number of hydrogen-bond acceptors (Lipinski definition) is 8. The highest BCUT2D eigenvalue weighted by atomic mass is 32.2. The van der Waals surface area contributed by atoms with Gasteiger partial charge in [-0.15, -0.1) is 21.5 Å². The molecule has 0 atom stereocenters. The number of thioether (sulfide) groups is 1. The maximum Gasteiger partial charge on any atom is 0.264 e. The molecule has 0 unspecified atom stereocenters. The molecule has 11 heteroatoms. The van der Waals surface area contributed by atoms with E-state index in [-0.39, 0.29) is 17.6 Å². The van der Waals surface area contributed by atoms with E-state index in [2.05, 4.69) is 15.2 Å². The van der Waals surface area contributed by atoms with Crippen molar-refractivity contribution in [2.45, 2.75) is 11.7 Å². The van der Waals surface area contributed by atoms with E-state index >= 15 is 0 Å². The van der Waals surface area contributed by atoms with E-state index in [0.717, 1.165) is 16.2 Å². The van der Waals surface area contributed by atoms with Crippen molar-refractivity contribution >= 4 is 34.9 Å². The van der Waals surface area contributed by atoms with Crippen LogP contribution in [0.25, 0.3) is 11.4 Å². The van der Waals surface area contributed by atoms with Crippen LogP contribution in [0.4, 0.5) is 0 Å². The van der Waals surface area contributed by atoms with Crippen molar-refractivity contribution in [3.05, 3.63) is 71.1 Å². The van der Waals surface area contributed by atoms with Crippen LogP contribution in [0.1, 0.15) is 15.4 Å². The lowest BCUT2D eigenvalue weighted by Gasteiger charge is -2.34. The van der Waals surface area contributed by atoms with Gasteiger partial charge >= 0.3 is 0 Å². The van der Waals surface area contributed by atoms with E-state index in [0.29, 0.717) is 43.7 Å². The number of piperazine rings is 1. The van der Waals surface area contributed by atoms with Crippen LogP contribution >= 0.6 is 23.1 Å². The Hall–Kier alpha value is -3.44. The van der Waals surface area contributed by atoms with E-state index in [4.69, 9.17) is 4.42 Å². The smallest absolute Gasteiger partial charge is 0.264 e. The molecule has 0 N–H and O–H groups in total. The third-order valence-corrected chi connectivity index (χ3v) is 7.32. The second kappa shape index (κ2) is 10.2. The molecule has 0 radical (unpaired) electrons. The number of thiophene rings is 1. The molecule has 2 amide bonds. The first kappa shape index (κ1) is 22.4. The standard InChI is InChI=1S/C23H22N6O3S2/c30-20(27-8-10-28(11-9-27)22(31)19-6-3-13-33-19)16-34-23-26-25-21(17-4-1-7-24-14-17)29(23)15-18-5-2-12-32-18/h1-7,12-14H,8-11,15-16H2. The topological polar surface area (TPSA) is 97.4 Å². The van der Waals surface area contributed by atoms with Gasteiger partial charge in [0.05, 0.1) is 23.4 Å². The Morgan fingerprint density at radius 2 is 1.88 bits per heavy atom. The summed E-state index contributed by atoms with van der Waals surface area (Å²) in [5.74, 6) is 1.72. The van der Waals surface area contributed by atoms with Crippen molar-refractivity contribution in [3.8, 4) is 11.4 Å². The number of rotatable bonds is 7. The zero-order valence-corrected chi connectivity index (χ0v) is 19.9. The Labute approximate surface area is 204 Å². The molecule has 0 aliphatic carbocycles. The molecule has 1 aliphatic heterocycles. The van der Waals surface area contributed by atoms with Crippen molar-refractivity contribution in [1.29, 1.82) is 0 Å². The summed E-state index contributed by atoms with van der Waals surface area (Å²) in [4.78, 5) is 34.0. The molecule has 1 fully saturated rings. The molecule has 0 aromatic carbocycles. The fourth-order valence-electron chi connectivity index (χ4n) is 3.74. The normalized spacial score (nSPS) is 13.9. The molecule has 34 heavy (non-hydrogen) atoms. The van der Waals surface area contributed by atoms with Crippen molar-refractivity contribution in [2.75, 3.05) is 31.9 Å². The van der Waals surface area contributed by atoms with E-state index in [9.17, 15) is 9.59 Å². The lowest BCUT2D eigenvalue weighted by atomic mass is 10.2. The SMILES string of the molecule is O=C(CSc1nnc(-c2cccnc2)n1Cc1ccco1)N1CCN(C(=O)c2cccs2)CC1. The molecular weight excluding hydrogens is 472 g/mol. The highest BCUT2D eigenvalue weighted by Gasteiger charge is 2.26. The summed E-state index contributed by atoms with van der Waals surface area (Å²) in [6, 6.07) is 11.2. The van der Waals surface area contributed by atoms with Gasteiger partial charge < -0.3 is 14.2 Å². The van der Waals surface area contributed by atoms with E-state index in [1.165, 1.54) is 23.1 Å². The largest absolute Gasteiger partial charge is 0.467 e. The molecule has 5 rings (SSSR count). The first-order valence-corrected chi connectivity index (χ1v) is 12.6. The molecule has 4 aromatic heterocycles. The highest BCUT2D eigenvalue weighted by Crippen LogP contribution is 2.25. The van der Waals surface area contributed by atoms with Crippen LogP contribution in [0, 0.1) is 0 Å². The van der Waals surface area contributed by atoms with Gasteiger partial charge in [-0.2, -0.15) is 0 Å². The number of aromatic nitrogens is 4. The maximum absolute atomic E-state index is 12.9. The average molecular weight is 495 g/mol. The van der Waals surface area contributed by atoms with Crippen LogP contribution in [0.3, 0.4) is 0 Å². The van der Waals surface area contributed by atoms with E-state index in [1.807, 2.05) is 51.2 Å². The lowest BCUT2D eigenvalue weighted by Crippen LogP contribution is -2.51. The molecule has 174 valence electrons. The quantitative estimate of drug-likeness (QED) is 0.364. The van der Waals surface area contributed by atoms with Crippen molar-refractivity contribution in [3.63, 3.8) is 0 Å². The van der Waals surface area contributed by atoms with Crippen LogP contribution in [-0.2, 0) is 11.3 Å². The summed E-state index contributed by atoms with van der Waals surface area (Å²) in [5, 5.41) is 11.2. The van der Waals surface area contributed by atoms with Crippen LogP contribution in [0.5, 0.6) is 0 Å². The zero-order valence-electron chi connectivity index (χ0n) is 18.2. The molecule has 0 saturated carbocycles. The summed E-state index contributed by atoms with van der Waals surface area (Å²) in [7, 11) is 0. The molecule has 4 aromatic rings. The summed E-state index contributed by atoms with van der Waals surface area (Å²) < 4.78 is 7.46. The van der Waals surface area contributed by atoms with Gasteiger partial charge in [-0.1, -0.05) is 17.8 Å². The van der Waals surface area contributed by atoms with Crippen molar-refractivity contribution in [2.24, 2.45) is 0 Å². The van der Waals surface area contributed by atoms with Gasteiger partial charge in [0.2, 0.25) is 5.91 Å². The maximum atomic E-state index is 12.9. The summed E-state index contributed by atoms with van der Waals surface area (Å²) in [6.45, 7) is 2.57. The Bertz CT molecular complexity index is 1230. The molecule has 5 heterocycles. The minimum Gasteiger partial charge on any atom is -0.467 e. The monoisotopic (exact) mass is 494 g/mol. The summed E-state index contributed by atoms with van der Waals surface area (Å²) >= 11 is 2.79. The van der Waals surface area contributed by atoms with Gasteiger partial charge in [0.1, 0.15) is 5.76 Å². The first-order chi connectivity index (χ1) is 16.7. The summed E-state index contributed by atoms with van der Waals surface area (Å²) in [6.07, 6.45) is 5.07. The van der Waals surface area contributed by atoms with Gasteiger partial charge in [0.25, 0.3) is 5.91 Å². The third kappa shape index (κ3) is 4.90. The fraction of sp³-hybridized carbons (Fsp3) is 0.261. The number of furan rings is 1. The number of carbonyl (C=O) groups excluding carboxylic acids is 2. The van der Waals surface area contributed by atoms with Crippen LogP contribution < -0.4 is 0 Å². The summed E-state index contributed by atoms with van der Waals surface area (Å²) in [5.41, 5.74) is 0.839. The minimum atomic E-state index is 0.0173. The Morgan fingerprint density at radius 1 is 1.03 bits per heavy atom. The predicted molar refractivity (Wildman–Crippen MR) is 129 cm³/mol. The van der Waals surface area contributed by atoms with Crippen molar-refractivity contribution < 1.29 is 14.0 Å². The predicted octanol–water partition coefficient (Wildman–Crippen LogP) is 3.12. The molecule has 0 spiro atoms.